The van der Waals surface area contributed by atoms with Gasteiger partial charge in [0.05, 0.1) is 22.8 Å². The minimum Gasteiger partial charge on any atom is -0.373 e. The molecule has 0 unspecified atom stereocenters. The van der Waals surface area contributed by atoms with Gasteiger partial charge in [0, 0.05) is 36.6 Å². The number of amides is 1. The van der Waals surface area contributed by atoms with Gasteiger partial charge in [-0.3, -0.25) is 9.48 Å². The van der Waals surface area contributed by atoms with Gasteiger partial charge in [0.1, 0.15) is 11.5 Å². The summed E-state index contributed by atoms with van der Waals surface area (Å²) in [6.45, 7) is 2.13. The quantitative estimate of drug-likeness (QED) is 0.637. The number of benzene rings is 1. The third-order valence-electron chi connectivity index (χ3n) is 5.01. The van der Waals surface area contributed by atoms with Gasteiger partial charge in [0.2, 0.25) is 0 Å². The average molecular weight is 436 g/mol. The summed E-state index contributed by atoms with van der Waals surface area (Å²) in [5.41, 5.74) is 0.990. The van der Waals surface area contributed by atoms with Crippen LogP contribution in [0.4, 0.5) is 24.7 Å². The molecule has 1 amide bonds. The zero-order chi connectivity index (χ0) is 21.6. The summed E-state index contributed by atoms with van der Waals surface area (Å²) in [5, 5.41) is 6.91. The Kier molecular flexibility index (Phi) is 4.93. The van der Waals surface area contributed by atoms with E-state index in [-0.39, 0.29) is 18.5 Å². The van der Waals surface area contributed by atoms with Crippen LogP contribution in [0, 0.1) is 0 Å². The maximum atomic E-state index is 13.4. The van der Waals surface area contributed by atoms with Gasteiger partial charge in [0.15, 0.2) is 0 Å². The molecule has 2 aromatic heterocycles. The third-order valence-corrected chi connectivity index (χ3v) is 5.32. The Bertz CT molecular complexity index is 1130. The van der Waals surface area contributed by atoms with E-state index in [1.54, 1.807) is 30.2 Å². The van der Waals surface area contributed by atoms with Crippen molar-refractivity contribution in [3.8, 4) is 11.1 Å². The molecule has 1 aliphatic rings. The lowest BCUT2D eigenvalue weighted by molar-refractivity contribution is -0.137. The van der Waals surface area contributed by atoms with Crippen molar-refractivity contribution in [2.45, 2.75) is 19.1 Å². The van der Waals surface area contributed by atoms with Crippen molar-refractivity contribution < 1.29 is 18.0 Å². The molecule has 1 atom stereocenters. The number of carbonyl (C=O) groups is 1. The van der Waals surface area contributed by atoms with Crippen LogP contribution < -0.4 is 10.2 Å². The molecule has 0 spiro atoms. The second-order valence-corrected chi connectivity index (χ2v) is 7.33. The summed E-state index contributed by atoms with van der Waals surface area (Å²) < 4.78 is 40.8. The lowest BCUT2D eigenvalue weighted by Crippen LogP contribution is -2.42. The number of hydrogen-bond donors (Lipinski definition) is 1. The van der Waals surface area contributed by atoms with Gasteiger partial charge in [-0.25, -0.2) is 4.98 Å². The summed E-state index contributed by atoms with van der Waals surface area (Å²) >= 11 is 5.87. The molecule has 4 rings (SSSR count). The SMILES string of the molecule is CNc1ncccc1-c1cnn2c1C(=O)N(c1ccc(C(F)(F)F)c(Cl)c1)C[C@@H]2C. The number of pyridine rings is 1. The topological polar surface area (TPSA) is 63.1 Å². The molecule has 0 saturated carbocycles. The Hall–Kier alpha value is -3.07. The maximum absolute atomic E-state index is 13.4. The number of alkyl halides is 3. The fraction of sp³-hybridized carbons (Fsp3) is 0.250. The summed E-state index contributed by atoms with van der Waals surface area (Å²) in [6, 6.07) is 6.70. The molecular weight excluding hydrogens is 419 g/mol. The molecule has 1 aliphatic heterocycles. The molecule has 156 valence electrons. The Balaban J connectivity index is 1.79. The maximum Gasteiger partial charge on any atom is 0.417 e. The third kappa shape index (κ3) is 3.28. The smallest absolute Gasteiger partial charge is 0.373 e. The van der Waals surface area contributed by atoms with E-state index < -0.39 is 16.8 Å². The molecule has 0 bridgehead atoms. The van der Waals surface area contributed by atoms with E-state index in [0.717, 1.165) is 6.07 Å². The van der Waals surface area contributed by atoms with Gasteiger partial charge in [-0.1, -0.05) is 11.6 Å². The number of fused-ring (bicyclic) bond motifs is 1. The van der Waals surface area contributed by atoms with E-state index in [1.165, 1.54) is 17.0 Å². The van der Waals surface area contributed by atoms with Gasteiger partial charge in [0.25, 0.3) is 5.91 Å². The van der Waals surface area contributed by atoms with Crippen molar-refractivity contribution in [1.29, 1.82) is 0 Å². The average Bonchev–Trinajstić information content (AvgIpc) is 3.15. The number of halogens is 4. The van der Waals surface area contributed by atoms with Crippen LogP contribution >= 0.6 is 11.6 Å². The zero-order valence-electron chi connectivity index (χ0n) is 16.0. The number of hydrogen-bond acceptors (Lipinski definition) is 4. The van der Waals surface area contributed by atoms with Crippen LogP contribution in [0.2, 0.25) is 5.02 Å². The highest BCUT2D eigenvalue weighted by Crippen LogP contribution is 2.39. The second-order valence-electron chi connectivity index (χ2n) is 6.93. The Morgan fingerprint density at radius 2 is 2.00 bits per heavy atom. The molecule has 0 aliphatic carbocycles. The molecule has 6 nitrogen and oxygen atoms in total. The van der Waals surface area contributed by atoms with Crippen molar-refractivity contribution in [3.63, 3.8) is 0 Å². The summed E-state index contributed by atoms with van der Waals surface area (Å²) in [5.74, 6) is 0.214. The van der Waals surface area contributed by atoms with Gasteiger partial charge < -0.3 is 10.2 Å². The fourth-order valence-corrected chi connectivity index (χ4v) is 3.89. The highest BCUT2D eigenvalue weighted by molar-refractivity contribution is 6.31. The minimum absolute atomic E-state index is 0.192. The number of rotatable bonds is 3. The van der Waals surface area contributed by atoms with Crippen molar-refractivity contribution >= 4 is 29.0 Å². The lowest BCUT2D eigenvalue weighted by atomic mass is 10.0. The van der Waals surface area contributed by atoms with Crippen LogP contribution in [0.5, 0.6) is 0 Å². The molecule has 1 aromatic carbocycles. The molecule has 3 heterocycles. The van der Waals surface area contributed by atoms with E-state index in [1.807, 2.05) is 13.0 Å². The number of nitrogens with zero attached hydrogens (tertiary/aromatic N) is 4. The first-order valence-electron chi connectivity index (χ1n) is 9.11. The van der Waals surface area contributed by atoms with Crippen molar-refractivity contribution in [2.75, 3.05) is 23.8 Å². The molecule has 3 aromatic rings. The van der Waals surface area contributed by atoms with Gasteiger partial charge >= 0.3 is 6.18 Å². The first-order valence-corrected chi connectivity index (χ1v) is 9.49. The fourth-order valence-electron chi connectivity index (χ4n) is 3.61. The summed E-state index contributed by atoms with van der Waals surface area (Å²) in [4.78, 5) is 19.1. The minimum atomic E-state index is -4.57. The van der Waals surface area contributed by atoms with Crippen LogP contribution in [0.25, 0.3) is 11.1 Å². The number of nitrogens with one attached hydrogen (secondary N) is 1. The molecule has 10 heteroatoms. The number of anilines is 2. The Morgan fingerprint density at radius 3 is 2.67 bits per heavy atom. The lowest BCUT2D eigenvalue weighted by Gasteiger charge is -2.32. The van der Waals surface area contributed by atoms with E-state index in [4.69, 9.17) is 11.6 Å². The van der Waals surface area contributed by atoms with Gasteiger partial charge in [-0.2, -0.15) is 18.3 Å². The predicted octanol–water partition coefficient (Wildman–Crippen LogP) is 4.88. The Morgan fingerprint density at radius 1 is 1.23 bits per heavy atom. The van der Waals surface area contributed by atoms with Crippen molar-refractivity contribution in [3.05, 3.63) is 59.0 Å². The van der Waals surface area contributed by atoms with Crippen LogP contribution in [0.3, 0.4) is 0 Å². The second kappa shape index (κ2) is 7.32. The molecule has 1 N–H and O–H groups in total. The van der Waals surface area contributed by atoms with E-state index in [9.17, 15) is 18.0 Å². The van der Waals surface area contributed by atoms with Crippen molar-refractivity contribution in [1.82, 2.24) is 14.8 Å². The normalized spacial score (nSPS) is 16.5. The number of carbonyl (C=O) groups excluding carboxylic acids is 1. The van der Waals surface area contributed by atoms with E-state index in [2.05, 4.69) is 15.4 Å². The van der Waals surface area contributed by atoms with E-state index >= 15 is 0 Å². The largest absolute Gasteiger partial charge is 0.417 e. The standard InChI is InChI=1S/C20H17ClF3N5O/c1-11-10-28(12-5-6-15(16(21)8-12)20(22,23)24)19(30)17-14(9-27-29(11)17)13-4-3-7-26-18(13)25-2/h3-9,11H,10H2,1-2H3,(H,25,26)/t11-/m0/s1. The monoisotopic (exact) mass is 435 g/mol. The molecule has 0 saturated heterocycles. The molecule has 0 fully saturated rings. The van der Waals surface area contributed by atoms with E-state index in [0.29, 0.717) is 28.3 Å². The van der Waals surface area contributed by atoms with Crippen LogP contribution in [0.15, 0.2) is 42.7 Å². The molecule has 30 heavy (non-hydrogen) atoms. The summed E-state index contributed by atoms with van der Waals surface area (Å²) in [7, 11) is 1.72. The highest BCUT2D eigenvalue weighted by atomic mass is 35.5. The first kappa shape index (κ1) is 20.2. The molecule has 0 radical (unpaired) electrons. The highest BCUT2D eigenvalue weighted by Gasteiger charge is 2.36. The van der Waals surface area contributed by atoms with Crippen LogP contribution in [0.1, 0.15) is 29.0 Å². The number of aromatic nitrogens is 3. The zero-order valence-corrected chi connectivity index (χ0v) is 16.8. The van der Waals surface area contributed by atoms with Gasteiger partial charge in [-0.15, -0.1) is 0 Å². The van der Waals surface area contributed by atoms with Crippen molar-refractivity contribution in [2.24, 2.45) is 0 Å². The Labute approximate surface area is 175 Å². The van der Waals surface area contributed by atoms with Crippen LogP contribution in [-0.4, -0.2) is 34.3 Å². The summed E-state index contributed by atoms with van der Waals surface area (Å²) in [6.07, 6.45) is -1.33. The molecular formula is C20H17ClF3N5O. The van der Waals surface area contributed by atoms with Crippen LogP contribution in [-0.2, 0) is 6.18 Å². The predicted molar refractivity (Wildman–Crippen MR) is 108 cm³/mol. The van der Waals surface area contributed by atoms with Gasteiger partial charge in [-0.05, 0) is 37.3 Å². The first-order chi connectivity index (χ1) is 14.2.